The van der Waals surface area contributed by atoms with E-state index in [-0.39, 0.29) is 5.78 Å². The SMILES string of the molecule is COc1ccc(C2C3=C(NC4NC(=O)NC(=O)C42)c2ccccc2C3=O)cc1. The molecule has 1 fully saturated rings. The molecule has 0 saturated carbocycles. The minimum atomic E-state index is -0.650. The number of methoxy groups -OCH3 is 1. The van der Waals surface area contributed by atoms with Gasteiger partial charge in [-0.25, -0.2) is 4.79 Å². The van der Waals surface area contributed by atoms with Gasteiger partial charge in [-0.1, -0.05) is 36.4 Å². The van der Waals surface area contributed by atoms with Crippen LogP contribution in [0.3, 0.4) is 0 Å². The maximum absolute atomic E-state index is 13.2. The highest BCUT2D eigenvalue weighted by molar-refractivity contribution is 6.22. The molecule has 5 rings (SSSR count). The Labute approximate surface area is 160 Å². The van der Waals surface area contributed by atoms with Crippen molar-refractivity contribution < 1.29 is 19.1 Å². The van der Waals surface area contributed by atoms with Crippen LogP contribution in [0, 0.1) is 5.92 Å². The number of ketones is 1. The van der Waals surface area contributed by atoms with Crippen LogP contribution in [0.4, 0.5) is 4.79 Å². The topological polar surface area (TPSA) is 96.5 Å². The molecule has 3 N–H and O–H groups in total. The molecule has 3 amide bonds. The molecule has 2 aliphatic heterocycles. The number of rotatable bonds is 2. The zero-order valence-corrected chi connectivity index (χ0v) is 15.0. The molecular weight excluding hydrogens is 358 g/mol. The summed E-state index contributed by atoms with van der Waals surface area (Å²) in [6.07, 6.45) is -0.606. The lowest BCUT2D eigenvalue weighted by Crippen LogP contribution is -2.65. The third-order valence-corrected chi connectivity index (χ3v) is 5.59. The second-order valence-electron chi connectivity index (χ2n) is 7.02. The van der Waals surface area contributed by atoms with Crippen LogP contribution < -0.4 is 20.7 Å². The number of benzene rings is 2. The van der Waals surface area contributed by atoms with Crippen molar-refractivity contribution in [3.05, 3.63) is 70.8 Å². The lowest BCUT2D eigenvalue weighted by Gasteiger charge is -2.41. The molecule has 2 aromatic carbocycles. The zero-order chi connectivity index (χ0) is 19.4. The number of urea groups is 1. The Morgan fingerprint density at radius 3 is 2.32 bits per heavy atom. The molecule has 1 saturated heterocycles. The highest BCUT2D eigenvalue weighted by Crippen LogP contribution is 2.47. The summed E-state index contributed by atoms with van der Waals surface area (Å²) in [6.45, 7) is 0. The highest BCUT2D eigenvalue weighted by Gasteiger charge is 2.51. The number of imide groups is 1. The van der Waals surface area contributed by atoms with Gasteiger partial charge in [-0.3, -0.25) is 14.9 Å². The summed E-state index contributed by atoms with van der Waals surface area (Å²) in [5, 5.41) is 8.33. The van der Waals surface area contributed by atoms with Crippen molar-refractivity contribution in [2.24, 2.45) is 5.92 Å². The largest absolute Gasteiger partial charge is 0.497 e. The van der Waals surface area contributed by atoms with Crippen LogP contribution in [-0.4, -0.2) is 31.0 Å². The third kappa shape index (κ3) is 2.26. The Balaban J connectivity index is 1.70. The molecule has 0 aromatic heterocycles. The Hall–Kier alpha value is -3.61. The number of nitrogens with one attached hydrogen (secondary N) is 3. The van der Waals surface area contributed by atoms with Gasteiger partial charge in [0.05, 0.1) is 18.7 Å². The Bertz CT molecular complexity index is 1060. The summed E-state index contributed by atoms with van der Waals surface area (Å²) >= 11 is 0. The number of carbonyl (C=O) groups is 3. The Morgan fingerprint density at radius 1 is 0.893 bits per heavy atom. The highest BCUT2D eigenvalue weighted by atomic mass is 16.5. The van der Waals surface area contributed by atoms with Crippen molar-refractivity contribution in [3.63, 3.8) is 0 Å². The number of hydrogen-bond donors (Lipinski definition) is 3. The molecule has 2 heterocycles. The first kappa shape index (κ1) is 16.6. The van der Waals surface area contributed by atoms with E-state index in [0.29, 0.717) is 22.6 Å². The fourth-order valence-electron chi connectivity index (χ4n) is 4.36. The van der Waals surface area contributed by atoms with Crippen LogP contribution in [-0.2, 0) is 4.79 Å². The Morgan fingerprint density at radius 2 is 1.61 bits per heavy atom. The predicted molar refractivity (Wildman–Crippen MR) is 101 cm³/mol. The molecule has 2 aromatic rings. The van der Waals surface area contributed by atoms with E-state index in [4.69, 9.17) is 4.74 Å². The van der Waals surface area contributed by atoms with E-state index >= 15 is 0 Å². The lowest BCUT2D eigenvalue weighted by atomic mass is 9.74. The number of ether oxygens (including phenoxy) is 1. The first-order valence-corrected chi connectivity index (χ1v) is 8.98. The van der Waals surface area contributed by atoms with Crippen molar-refractivity contribution in [1.29, 1.82) is 0 Å². The molecule has 7 nitrogen and oxygen atoms in total. The lowest BCUT2D eigenvalue weighted by molar-refractivity contribution is -0.126. The quantitative estimate of drug-likeness (QED) is 0.743. The van der Waals surface area contributed by atoms with Crippen molar-refractivity contribution in [2.75, 3.05) is 7.11 Å². The molecular formula is C21H17N3O4. The van der Waals surface area contributed by atoms with E-state index in [1.165, 1.54) is 0 Å². The van der Waals surface area contributed by atoms with Gasteiger partial charge < -0.3 is 15.4 Å². The maximum Gasteiger partial charge on any atom is 0.323 e. The summed E-state index contributed by atoms with van der Waals surface area (Å²) < 4.78 is 5.23. The first-order valence-electron chi connectivity index (χ1n) is 8.98. The number of hydrogen-bond acceptors (Lipinski definition) is 5. The van der Waals surface area contributed by atoms with Gasteiger partial charge in [0, 0.05) is 22.6 Å². The monoisotopic (exact) mass is 375 g/mol. The number of fused-ring (bicyclic) bond motifs is 3. The molecule has 28 heavy (non-hydrogen) atoms. The minimum Gasteiger partial charge on any atom is -0.497 e. The molecule has 3 atom stereocenters. The third-order valence-electron chi connectivity index (χ3n) is 5.59. The maximum atomic E-state index is 13.2. The van der Waals surface area contributed by atoms with Gasteiger partial charge in [0.15, 0.2) is 5.78 Å². The van der Waals surface area contributed by atoms with Gasteiger partial charge >= 0.3 is 6.03 Å². The van der Waals surface area contributed by atoms with E-state index in [2.05, 4.69) is 16.0 Å². The molecule has 3 aliphatic rings. The van der Waals surface area contributed by atoms with Crippen molar-refractivity contribution in [1.82, 2.24) is 16.0 Å². The molecule has 0 bridgehead atoms. The summed E-state index contributed by atoms with van der Waals surface area (Å²) in [4.78, 5) is 37.9. The summed E-state index contributed by atoms with van der Waals surface area (Å²) in [7, 11) is 1.58. The normalized spacial score (nSPS) is 25.2. The van der Waals surface area contributed by atoms with E-state index in [9.17, 15) is 14.4 Å². The first-order chi connectivity index (χ1) is 13.6. The molecule has 0 spiro atoms. The number of amides is 3. The summed E-state index contributed by atoms with van der Waals surface area (Å²) in [6, 6.07) is 14.1. The Kier molecular flexibility index (Phi) is 3.52. The van der Waals surface area contributed by atoms with Gasteiger partial charge in [-0.15, -0.1) is 0 Å². The molecule has 3 unspecified atom stereocenters. The molecule has 1 aliphatic carbocycles. The average molecular weight is 375 g/mol. The van der Waals surface area contributed by atoms with Crippen LogP contribution in [0.1, 0.15) is 27.4 Å². The van der Waals surface area contributed by atoms with E-state index in [1.54, 1.807) is 25.3 Å². The van der Waals surface area contributed by atoms with E-state index in [1.807, 2.05) is 30.3 Å². The van der Waals surface area contributed by atoms with Gasteiger partial charge in [0.2, 0.25) is 5.91 Å². The standard InChI is InChI=1S/C21H17N3O4/c1-28-11-8-6-10(7-9-11)14-15-17(12-4-2-3-5-13(12)18(15)25)22-19-16(14)20(26)24-21(27)23-19/h2-9,14,16,19,22H,1H3,(H2,23,24,26,27). The average Bonchev–Trinajstić information content (AvgIpc) is 2.99. The predicted octanol–water partition coefficient (Wildman–Crippen LogP) is 1.77. The fraction of sp³-hybridized carbons (Fsp3) is 0.190. The smallest absolute Gasteiger partial charge is 0.323 e. The number of Topliss-reactive ketones (excluding diaryl/α,β-unsaturated/α-hetero) is 1. The number of carbonyl (C=O) groups excluding carboxylic acids is 3. The second-order valence-corrected chi connectivity index (χ2v) is 7.02. The van der Waals surface area contributed by atoms with Crippen LogP contribution in [0.25, 0.3) is 5.70 Å². The summed E-state index contributed by atoms with van der Waals surface area (Å²) in [5.74, 6) is -0.957. The van der Waals surface area contributed by atoms with Crippen LogP contribution in [0.15, 0.2) is 54.1 Å². The van der Waals surface area contributed by atoms with Crippen LogP contribution in [0.5, 0.6) is 5.75 Å². The van der Waals surface area contributed by atoms with Crippen LogP contribution >= 0.6 is 0 Å². The van der Waals surface area contributed by atoms with Gasteiger partial charge in [0.25, 0.3) is 0 Å². The minimum absolute atomic E-state index is 0.0953. The molecule has 7 heteroatoms. The zero-order valence-electron chi connectivity index (χ0n) is 15.0. The van der Waals surface area contributed by atoms with Crippen molar-refractivity contribution >= 4 is 23.4 Å². The van der Waals surface area contributed by atoms with E-state index in [0.717, 1.165) is 11.1 Å². The van der Waals surface area contributed by atoms with Crippen molar-refractivity contribution in [3.8, 4) is 5.75 Å². The van der Waals surface area contributed by atoms with Gasteiger partial charge in [0.1, 0.15) is 11.9 Å². The van der Waals surface area contributed by atoms with Crippen LogP contribution in [0.2, 0.25) is 0 Å². The number of allylic oxidation sites excluding steroid dienone is 1. The summed E-state index contributed by atoms with van der Waals surface area (Å²) in [5.41, 5.74) is 3.44. The van der Waals surface area contributed by atoms with E-state index < -0.39 is 29.9 Å². The van der Waals surface area contributed by atoms with Gasteiger partial charge in [-0.05, 0) is 17.7 Å². The fourth-order valence-corrected chi connectivity index (χ4v) is 4.36. The van der Waals surface area contributed by atoms with Gasteiger partial charge in [-0.2, -0.15) is 0 Å². The molecule has 0 radical (unpaired) electrons. The van der Waals surface area contributed by atoms with Crippen molar-refractivity contribution in [2.45, 2.75) is 12.1 Å². The molecule has 140 valence electrons. The second kappa shape index (κ2) is 5.95.